The van der Waals surface area contributed by atoms with E-state index in [-0.39, 0.29) is 5.95 Å². The monoisotopic (exact) mass is 457 g/mol. The van der Waals surface area contributed by atoms with Gasteiger partial charge in [-0.1, -0.05) is 23.2 Å². The van der Waals surface area contributed by atoms with Crippen LogP contribution in [0.25, 0.3) is 32.9 Å². The fraction of sp³-hybridized carbons (Fsp3) is 0.0556. The number of halogens is 5. The second-order valence-corrected chi connectivity index (χ2v) is 6.89. The Morgan fingerprint density at radius 2 is 1.70 bits per heavy atom. The number of nitrogens with one attached hydrogen (secondary N) is 1. The van der Waals surface area contributed by atoms with Crippen molar-refractivity contribution in [3.8, 4) is 11.1 Å². The summed E-state index contributed by atoms with van der Waals surface area (Å²) < 4.78 is 31.7. The smallest absolute Gasteiger partial charge is 0.475 e. The molecule has 0 bridgehead atoms. The summed E-state index contributed by atoms with van der Waals surface area (Å²) in [6.45, 7) is 0. The Balaban J connectivity index is 0.000000318. The van der Waals surface area contributed by atoms with Crippen LogP contribution in [0.5, 0.6) is 0 Å². The minimum absolute atomic E-state index is 0.254. The van der Waals surface area contributed by atoms with E-state index in [1.165, 1.54) is 0 Å². The molecule has 0 saturated carbocycles. The summed E-state index contributed by atoms with van der Waals surface area (Å²) in [6, 6.07) is 9.21. The van der Waals surface area contributed by atoms with Crippen LogP contribution in [0.3, 0.4) is 0 Å². The van der Waals surface area contributed by atoms with Gasteiger partial charge in [0, 0.05) is 32.6 Å². The summed E-state index contributed by atoms with van der Waals surface area (Å²) in [5.41, 5.74) is 15.2. The van der Waals surface area contributed by atoms with Crippen LogP contribution >= 0.6 is 23.2 Å². The number of benzene rings is 2. The van der Waals surface area contributed by atoms with Crippen molar-refractivity contribution in [2.75, 3.05) is 11.5 Å². The average molecular weight is 458 g/mol. The van der Waals surface area contributed by atoms with E-state index < -0.39 is 12.1 Å². The molecule has 0 radical (unpaired) electrons. The number of carboxylic acid groups (broad SMARTS) is 1. The molecule has 4 aromatic rings. The molecule has 7 nitrogen and oxygen atoms in total. The SMILES string of the molecule is Nc1nc(N)c2c(cc(-c3cc(Cl)cc(Cl)c3)c3nccc32)[nH]1.O=C(O)C(F)(F)F. The molecule has 0 aliphatic carbocycles. The van der Waals surface area contributed by atoms with Crippen molar-refractivity contribution in [3.63, 3.8) is 0 Å². The van der Waals surface area contributed by atoms with Crippen LogP contribution in [0, 0.1) is 0 Å². The Bertz CT molecular complexity index is 1250. The normalized spacial score (nSPS) is 11.4. The predicted molar refractivity (Wildman–Crippen MR) is 109 cm³/mol. The first-order valence-electron chi connectivity index (χ1n) is 8.06. The molecular weight excluding hydrogens is 446 g/mol. The number of nitrogens with two attached hydrogens (primary N) is 2. The van der Waals surface area contributed by atoms with Crippen molar-refractivity contribution >= 4 is 62.7 Å². The molecular formula is C18H12Cl2F3N5O2. The van der Waals surface area contributed by atoms with Gasteiger partial charge >= 0.3 is 12.1 Å². The molecule has 0 aliphatic heterocycles. The number of aliphatic carboxylic acids is 1. The van der Waals surface area contributed by atoms with Gasteiger partial charge in [0.25, 0.3) is 0 Å². The number of alkyl halides is 3. The third-order valence-corrected chi connectivity index (χ3v) is 4.39. The van der Waals surface area contributed by atoms with Crippen molar-refractivity contribution in [1.29, 1.82) is 0 Å². The second-order valence-electron chi connectivity index (χ2n) is 6.02. The highest BCUT2D eigenvalue weighted by molar-refractivity contribution is 6.35. The van der Waals surface area contributed by atoms with Crippen LogP contribution in [0.1, 0.15) is 0 Å². The molecule has 0 unspecified atom stereocenters. The van der Waals surface area contributed by atoms with Gasteiger partial charge in [-0.3, -0.25) is 4.98 Å². The Hall–Kier alpha value is -3.24. The molecule has 2 aromatic heterocycles. The van der Waals surface area contributed by atoms with Crippen LogP contribution in [-0.4, -0.2) is 32.2 Å². The molecule has 2 aromatic carbocycles. The molecule has 30 heavy (non-hydrogen) atoms. The summed E-state index contributed by atoms with van der Waals surface area (Å²) in [4.78, 5) is 20.5. The lowest BCUT2D eigenvalue weighted by Gasteiger charge is -2.10. The largest absolute Gasteiger partial charge is 0.490 e. The Morgan fingerprint density at radius 1 is 1.10 bits per heavy atom. The van der Waals surface area contributed by atoms with Gasteiger partial charge in [0.1, 0.15) is 5.82 Å². The van der Waals surface area contributed by atoms with E-state index in [1.54, 1.807) is 12.3 Å². The first-order chi connectivity index (χ1) is 14.0. The van der Waals surface area contributed by atoms with Crippen molar-refractivity contribution in [3.05, 3.63) is 46.6 Å². The molecule has 12 heteroatoms. The molecule has 0 amide bonds. The van der Waals surface area contributed by atoms with Crippen molar-refractivity contribution in [2.24, 2.45) is 0 Å². The van der Waals surface area contributed by atoms with Gasteiger partial charge in [-0.05, 0) is 35.9 Å². The Labute approximate surface area is 176 Å². The number of aromatic amines is 1. The van der Waals surface area contributed by atoms with Crippen LogP contribution in [0.2, 0.25) is 10.0 Å². The van der Waals surface area contributed by atoms with Gasteiger partial charge in [-0.25, -0.2) is 4.79 Å². The lowest BCUT2D eigenvalue weighted by Crippen LogP contribution is -2.21. The lowest BCUT2D eigenvalue weighted by molar-refractivity contribution is -0.192. The van der Waals surface area contributed by atoms with Crippen molar-refractivity contribution in [1.82, 2.24) is 15.0 Å². The molecule has 0 atom stereocenters. The number of anilines is 2. The van der Waals surface area contributed by atoms with Gasteiger partial charge in [-0.2, -0.15) is 18.2 Å². The van der Waals surface area contributed by atoms with Crippen molar-refractivity contribution < 1.29 is 23.1 Å². The molecule has 156 valence electrons. The van der Waals surface area contributed by atoms with Gasteiger partial charge in [-0.15, -0.1) is 0 Å². The number of H-pyrrole nitrogens is 1. The molecule has 4 rings (SSSR count). The molecule has 0 aliphatic rings. The van der Waals surface area contributed by atoms with Crippen molar-refractivity contribution in [2.45, 2.75) is 6.18 Å². The van der Waals surface area contributed by atoms with Gasteiger partial charge in [0.2, 0.25) is 0 Å². The third kappa shape index (κ3) is 4.34. The zero-order valence-corrected chi connectivity index (χ0v) is 16.3. The first kappa shape index (κ1) is 21.5. The molecule has 0 spiro atoms. The average Bonchev–Trinajstić information content (AvgIpc) is 3.08. The highest BCUT2D eigenvalue weighted by Gasteiger charge is 2.38. The molecule has 2 heterocycles. The van der Waals surface area contributed by atoms with Crippen LogP contribution in [0.15, 0.2) is 36.5 Å². The van der Waals surface area contributed by atoms with E-state index in [9.17, 15) is 13.2 Å². The van der Waals surface area contributed by atoms with E-state index in [1.807, 2.05) is 24.3 Å². The highest BCUT2D eigenvalue weighted by atomic mass is 35.5. The summed E-state index contributed by atoms with van der Waals surface area (Å²) in [6.07, 6.45) is -3.35. The number of fused-ring (bicyclic) bond motifs is 3. The quantitative estimate of drug-likeness (QED) is 0.322. The van der Waals surface area contributed by atoms with E-state index in [0.717, 1.165) is 32.9 Å². The van der Waals surface area contributed by atoms with Gasteiger partial charge in [0.15, 0.2) is 5.95 Å². The number of carbonyl (C=O) groups is 1. The summed E-state index contributed by atoms with van der Waals surface area (Å²) in [5.74, 6) is -2.14. The summed E-state index contributed by atoms with van der Waals surface area (Å²) in [5, 5.41) is 9.94. The highest BCUT2D eigenvalue weighted by Crippen LogP contribution is 2.37. The minimum Gasteiger partial charge on any atom is -0.475 e. The lowest BCUT2D eigenvalue weighted by atomic mass is 10.00. The molecule has 6 N–H and O–H groups in total. The number of rotatable bonds is 1. The number of aromatic nitrogens is 3. The van der Waals surface area contributed by atoms with Crippen LogP contribution in [0.4, 0.5) is 24.9 Å². The van der Waals surface area contributed by atoms with E-state index in [4.69, 9.17) is 44.6 Å². The van der Waals surface area contributed by atoms with E-state index in [2.05, 4.69) is 15.0 Å². The summed E-state index contributed by atoms with van der Waals surface area (Å²) >= 11 is 12.3. The zero-order chi connectivity index (χ0) is 22.2. The van der Waals surface area contributed by atoms with Crippen LogP contribution in [-0.2, 0) is 4.79 Å². The van der Waals surface area contributed by atoms with Gasteiger partial charge in [0.05, 0.1) is 11.0 Å². The predicted octanol–water partition coefficient (Wildman–Crippen LogP) is 4.88. The van der Waals surface area contributed by atoms with Gasteiger partial charge < -0.3 is 21.6 Å². The first-order valence-corrected chi connectivity index (χ1v) is 8.82. The topological polar surface area (TPSA) is 131 Å². The van der Waals surface area contributed by atoms with E-state index >= 15 is 0 Å². The second kappa shape index (κ2) is 7.88. The molecule has 0 fully saturated rings. The maximum absolute atomic E-state index is 10.6. The maximum atomic E-state index is 10.6. The number of hydrogen-bond donors (Lipinski definition) is 4. The Morgan fingerprint density at radius 3 is 2.27 bits per heavy atom. The summed E-state index contributed by atoms with van der Waals surface area (Å²) in [7, 11) is 0. The zero-order valence-electron chi connectivity index (χ0n) is 14.8. The molecule has 0 saturated heterocycles. The van der Waals surface area contributed by atoms with E-state index in [0.29, 0.717) is 15.9 Å². The fourth-order valence-corrected chi connectivity index (χ4v) is 3.36. The maximum Gasteiger partial charge on any atom is 0.490 e. The number of nitrogens with zero attached hydrogens (tertiary/aromatic N) is 2. The Kier molecular flexibility index (Phi) is 5.64. The third-order valence-electron chi connectivity index (χ3n) is 3.96. The van der Waals surface area contributed by atoms with Crippen LogP contribution < -0.4 is 11.5 Å². The number of hydrogen-bond acceptors (Lipinski definition) is 5. The fourth-order valence-electron chi connectivity index (χ4n) is 2.84. The number of nitrogen functional groups attached to an aromatic ring is 2. The standard InChI is InChI=1S/C16H11Cl2N5.C2HF3O2/c17-8-3-7(4-9(18)5-8)11-6-12-13(10-1-2-21-14(10)11)15(19)23-16(20)22-12;3-2(4,5)1(6)7/h1-6H,19H2,(H3,20,22,23);(H,6,7). The minimum atomic E-state index is -5.08. The number of carboxylic acids is 1.